The quantitative estimate of drug-likeness (QED) is 0.667. The van der Waals surface area contributed by atoms with Gasteiger partial charge in [-0.05, 0) is 37.3 Å². The zero-order valence-corrected chi connectivity index (χ0v) is 20.0. The number of piperazine rings is 1. The maximum Gasteiger partial charge on any atom is 0.261 e. The monoisotopic (exact) mass is 491 g/mol. The third-order valence-corrected chi connectivity index (χ3v) is 7.58. The summed E-state index contributed by atoms with van der Waals surface area (Å²) < 4.78 is 26.9. The molecule has 2 aromatic rings. The van der Waals surface area contributed by atoms with Gasteiger partial charge >= 0.3 is 0 Å². The van der Waals surface area contributed by atoms with E-state index in [0.29, 0.717) is 24.5 Å². The molecule has 0 aromatic heterocycles. The van der Waals surface area contributed by atoms with Gasteiger partial charge < -0.3 is 15.1 Å². The topological polar surface area (TPSA) is 104 Å². The van der Waals surface area contributed by atoms with Gasteiger partial charge in [-0.3, -0.25) is 14.4 Å². The van der Waals surface area contributed by atoms with Gasteiger partial charge in [0.05, 0.1) is 4.90 Å². The smallest absolute Gasteiger partial charge is 0.261 e. The van der Waals surface area contributed by atoms with Crippen molar-refractivity contribution >= 4 is 39.2 Å². The number of hydrogen-bond donors (Lipinski definition) is 1. The van der Waals surface area contributed by atoms with Crippen molar-refractivity contribution in [3.63, 3.8) is 0 Å². The van der Waals surface area contributed by atoms with E-state index in [2.05, 4.69) is 5.32 Å². The lowest BCUT2D eigenvalue weighted by Gasteiger charge is -2.36. The summed E-state index contributed by atoms with van der Waals surface area (Å²) in [6.45, 7) is 4.54. The largest absolute Gasteiger partial charge is 0.339 e. The number of hydrogen-bond acceptors (Lipinski definition) is 5. The van der Waals surface area contributed by atoms with Gasteiger partial charge in [0, 0.05) is 43.2 Å². The molecule has 0 aliphatic carbocycles. The number of sulfone groups is 1. The molecule has 0 bridgehead atoms. The first kappa shape index (κ1) is 24.7. The second-order valence-corrected chi connectivity index (χ2v) is 10.3. The lowest BCUT2D eigenvalue weighted by molar-refractivity contribution is -0.139. The van der Waals surface area contributed by atoms with Crippen LogP contribution in [0.25, 0.3) is 0 Å². The van der Waals surface area contributed by atoms with Crippen molar-refractivity contribution < 1.29 is 22.8 Å². The highest BCUT2D eigenvalue weighted by Crippen LogP contribution is 2.19. The van der Waals surface area contributed by atoms with Crippen LogP contribution in [0.15, 0.2) is 53.4 Å². The van der Waals surface area contributed by atoms with Crippen molar-refractivity contribution in [2.24, 2.45) is 0 Å². The zero-order valence-electron chi connectivity index (χ0n) is 18.5. The molecule has 2 aromatic carbocycles. The second kappa shape index (κ2) is 10.4. The minimum atomic E-state index is -4.25. The van der Waals surface area contributed by atoms with Crippen molar-refractivity contribution in [1.82, 2.24) is 15.1 Å². The predicted octanol–water partition coefficient (Wildman–Crippen LogP) is 2.26. The van der Waals surface area contributed by atoms with Crippen molar-refractivity contribution in [2.45, 2.75) is 30.5 Å². The third kappa shape index (κ3) is 5.72. The molecule has 0 saturated carbocycles. The molecule has 8 nitrogen and oxygen atoms in total. The minimum absolute atomic E-state index is 0.0276. The summed E-state index contributed by atoms with van der Waals surface area (Å²) in [6, 6.07) is 12.1. The van der Waals surface area contributed by atoms with Crippen LogP contribution in [-0.2, 0) is 19.4 Å². The maximum absolute atomic E-state index is 13.4. The summed E-state index contributed by atoms with van der Waals surface area (Å²) in [4.78, 5) is 41.1. The Morgan fingerprint density at radius 1 is 1.00 bits per heavy atom. The first-order chi connectivity index (χ1) is 15.6. The fraction of sp³-hybridized carbons (Fsp3) is 0.348. The number of benzene rings is 2. The standard InChI is InChI=1S/C23H26ClN3O5S/c1-3-20(28)26-11-13-27(14-12-26)23(30)22(25-21(29)17-5-4-6-18(24)15-17)33(31,32)19-9-7-16(2)8-10-19/h4-10,15,22H,3,11-14H2,1-2H3,(H,25,29). The van der Waals surface area contributed by atoms with Crippen LogP contribution in [-0.4, -0.2) is 67.5 Å². The van der Waals surface area contributed by atoms with Crippen LogP contribution in [0.1, 0.15) is 29.3 Å². The molecule has 1 atom stereocenters. The number of carbonyl (C=O) groups excluding carboxylic acids is 3. The van der Waals surface area contributed by atoms with Crippen molar-refractivity contribution in [3.05, 3.63) is 64.7 Å². The van der Waals surface area contributed by atoms with Crippen molar-refractivity contribution in [3.8, 4) is 0 Å². The van der Waals surface area contributed by atoms with Crippen LogP contribution in [0.2, 0.25) is 5.02 Å². The maximum atomic E-state index is 13.4. The van der Waals surface area contributed by atoms with Crippen molar-refractivity contribution in [1.29, 1.82) is 0 Å². The Balaban J connectivity index is 1.89. The van der Waals surface area contributed by atoms with Gasteiger partial charge in [-0.15, -0.1) is 0 Å². The van der Waals surface area contributed by atoms with Crippen LogP contribution >= 0.6 is 11.6 Å². The number of amides is 3. The first-order valence-corrected chi connectivity index (χ1v) is 12.5. The molecule has 1 aliphatic heterocycles. The van der Waals surface area contributed by atoms with Crippen LogP contribution < -0.4 is 5.32 Å². The average molecular weight is 492 g/mol. The Labute approximate surface area is 198 Å². The van der Waals surface area contributed by atoms with Gasteiger partial charge in [0.2, 0.25) is 21.1 Å². The van der Waals surface area contributed by atoms with Gasteiger partial charge in [-0.25, -0.2) is 8.42 Å². The normalized spacial score (nSPS) is 15.1. The Bertz CT molecular complexity index is 1140. The van der Waals surface area contributed by atoms with E-state index in [-0.39, 0.29) is 29.5 Å². The van der Waals surface area contributed by atoms with Crippen molar-refractivity contribution in [2.75, 3.05) is 26.2 Å². The molecule has 3 rings (SSSR count). The number of nitrogens with one attached hydrogen (secondary N) is 1. The number of rotatable bonds is 6. The van der Waals surface area contributed by atoms with Crippen LogP contribution in [0, 0.1) is 6.92 Å². The molecule has 33 heavy (non-hydrogen) atoms. The molecule has 3 amide bonds. The lowest BCUT2D eigenvalue weighted by Crippen LogP contribution is -2.57. The van der Waals surface area contributed by atoms with E-state index >= 15 is 0 Å². The first-order valence-electron chi connectivity index (χ1n) is 10.6. The van der Waals surface area contributed by atoms with Gasteiger partial charge in [-0.1, -0.05) is 42.3 Å². The van der Waals surface area contributed by atoms with Gasteiger partial charge in [0.15, 0.2) is 0 Å². The summed E-state index contributed by atoms with van der Waals surface area (Å²) in [5, 5.41) is 0.888. The molecule has 1 N–H and O–H groups in total. The Morgan fingerprint density at radius 2 is 1.61 bits per heavy atom. The highest BCUT2D eigenvalue weighted by molar-refractivity contribution is 7.92. The summed E-state index contributed by atoms with van der Waals surface area (Å²) in [5.74, 6) is -1.50. The minimum Gasteiger partial charge on any atom is -0.339 e. The predicted molar refractivity (Wildman–Crippen MR) is 125 cm³/mol. The second-order valence-electron chi connectivity index (χ2n) is 7.78. The third-order valence-electron chi connectivity index (χ3n) is 5.48. The summed E-state index contributed by atoms with van der Waals surface area (Å²) >= 11 is 5.96. The van der Waals surface area contributed by atoms with E-state index in [9.17, 15) is 22.8 Å². The SMILES string of the molecule is CCC(=O)N1CCN(C(=O)C(NC(=O)c2cccc(Cl)c2)S(=O)(=O)c2ccc(C)cc2)CC1. The Kier molecular flexibility index (Phi) is 7.76. The Morgan fingerprint density at radius 3 is 2.18 bits per heavy atom. The zero-order chi connectivity index (χ0) is 24.2. The van der Waals surface area contributed by atoms with E-state index in [0.717, 1.165) is 5.56 Å². The molecule has 1 saturated heterocycles. The fourth-order valence-electron chi connectivity index (χ4n) is 3.53. The van der Waals surface area contributed by atoms with Crippen LogP contribution in [0.5, 0.6) is 0 Å². The Hall–Kier alpha value is -2.91. The molecule has 1 fully saturated rings. The average Bonchev–Trinajstić information content (AvgIpc) is 2.81. The molecular formula is C23H26ClN3O5S. The summed E-state index contributed by atoms with van der Waals surface area (Å²) in [5.41, 5.74) is 0.995. The molecule has 1 aliphatic rings. The molecule has 0 spiro atoms. The highest BCUT2D eigenvalue weighted by Gasteiger charge is 2.39. The molecule has 176 valence electrons. The number of nitrogens with zero attached hydrogens (tertiary/aromatic N) is 2. The van der Waals surface area contributed by atoms with E-state index in [1.54, 1.807) is 36.1 Å². The van der Waals surface area contributed by atoms with E-state index < -0.39 is 27.0 Å². The van der Waals surface area contributed by atoms with Gasteiger partial charge in [0.1, 0.15) is 0 Å². The van der Waals surface area contributed by atoms with E-state index in [1.165, 1.54) is 29.2 Å². The van der Waals surface area contributed by atoms with Gasteiger partial charge in [-0.2, -0.15) is 0 Å². The van der Waals surface area contributed by atoms with Crippen LogP contribution in [0.4, 0.5) is 0 Å². The molecule has 1 unspecified atom stereocenters. The van der Waals surface area contributed by atoms with E-state index in [4.69, 9.17) is 11.6 Å². The number of halogens is 1. The fourth-order valence-corrected chi connectivity index (χ4v) is 5.19. The van der Waals surface area contributed by atoms with Gasteiger partial charge in [0.25, 0.3) is 11.8 Å². The number of carbonyl (C=O) groups is 3. The van der Waals surface area contributed by atoms with E-state index in [1.807, 2.05) is 6.92 Å². The molecule has 1 heterocycles. The highest BCUT2D eigenvalue weighted by atomic mass is 35.5. The molecular weight excluding hydrogens is 466 g/mol. The number of aryl methyl sites for hydroxylation is 1. The summed E-state index contributed by atoms with van der Waals surface area (Å²) in [6.07, 6.45) is 0.355. The van der Waals surface area contributed by atoms with Crippen LogP contribution in [0.3, 0.4) is 0 Å². The molecule has 10 heteroatoms. The molecule has 0 radical (unpaired) electrons. The summed E-state index contributed by atoms with van der Waals surface area (Å²) in [7, 11) is -4.25. The lowest BCUT2D eigenvalue weighted by atomic mass is 10.2.